The smallest absolute Gasteiger partial charge is 0.407 e. The number of carbonyl (C=O) groups is 2. The van der Waals surface area contributed by atoms with Gasteiger partial charge in [0.1, 0.15) is 18.0 Å². The monoisotopic (exact) mass is 462 g/mol. The van der Waals surface area contributed by atoms with Crippen molar-refractivity contribution < 1.29 is 27.5 Å². The molecule has 0 aliphatic heterocycles. The molecule has 0 bridgehead atoms. The van der Waals surface area contributed by atoms with Crippen LogP contribution in [-0.4, -0.2) is 57.7 Å². The second-order valence-electron chi connectivity index (χ2n) is 8.21. The summed E-state index contributed by atoms with van der Waals surface area (Å²) in [5, 5.41) is 2.72. The maximum Gasteiger partial charge on any atom is 0.407 e. The van der Waals surface area contributed by atoms with E-state index in [4.69, 9.17) is 9.47 Å². The predicted octanol–water partition coefficient (Wildman–Crippen LogP) is 2.88. The van der Waals surface area contributed by atoms with E-state index in [-0.39, 0.29) is 17.4 Å². The van der Waals surface area contributed by atoms with E-state index >= 15 is 0 Å². The zero-order valence-corrected chi connectivity index (χ0v) is 19.7. The molecule has 0 aromatic heterocycles. The Balaban J connectivity index is 1.75. The highest BCUT2D eigenvalue weighted by molar-refractivity contribution is 7.72. The Morgan fingerprint density at radius 2 is 1.75 bits per heavy atom. The molecule has 0 saturated carbocycles. The summed E-state index contributed by atoms with van der Waals surface area (Å²) in [6, 6.07) is 13.4. The van der Waals surface area contributed by atoms with Crippen LogP contribution in [0.4, 0.5) is 4.79 Å². The molecule has 0 aliphatic rings. The summed E-state index contributed by atoms with van der Waals surface area (Å²) < 4.78 is 33.1. The van der Waals surface area contributed by atoms with Gasteiger partial charge in [0.05, 0.1) is 11.4 Å². The zero-order valence-electron chi connectivity index (χ0n) is 18.8. The first-order valence-electron chi connectivity index (χ1n) is 10.2. The van der Waals surface area contributed by atoms with Crippen molar-refractivity contribution >= 4 is 22.7 Å². The van der Waals surface area contributed by atoms with E-state index < -0.39 is 22.4 Å². The summed E-state index contributed by atoms with van der Waals surface area (Å²) in [6.07, 6.45) is 0.217. The van der Waals surface area contributed by atoms with Gasteiger partial charge >= 0.3 is 6.09 Å². The number of benzene rings is 2. The molecule has 174 valence electrons. The van der Waals surface area contributed by atoms with Crippen molar-refractivity contribution in [1.29, 1.82) is 0 Å². The van der Waals surface area contributed by atoms with Crippen molar-refractivity contribution in [2.24, 2.45) is 0 Å². The SMILES string of the molecule is CN(CCOc1ccc(CCNC(=O)OC(C)(C)C)cc1)C(=O)c1cccc([SH](=O)=O)c1. The molecule has 0 fully saturated rings. The summed E-state index contributed by atoms with van der Waals surface area (Å²) in [7, 11) is -1.10. The maximum atomic E-state index is 12.5. The Morgan fingerprint density at radius 3 is 2.38 bits per heavy atom. The fourth-order valence-corrected chi connectivity index (χ4v) is 3.20. The molecule has 2 rings (SSSR count). The van der Waals surface area contributed by atoms with Gasteiger partial charge in [-0.3, -0.25) is 4.79 Å². The van der Waals surface area contributed by atoms with Crippen molar-refractivity contribution in [2.75, 3.05) is 26.7 Å². The van der Waals surface area contributed by atoms with Crippen LogP contribution in [0.3, 0.4) is 0 Å². The molecule has 2 amide bonds. The molecular formula is C23H30N2O6S. The molecule has 32 heavy (non-hydrogen) atoms. The van der Waals surface area contributed by atoms with Gasteiger partial charge in [0.15, 0.2) is 10.7 Å². The number of thiol groups is 1. The van der Waals surface area contributed by atoms with Crippen LogP contribution in [0.15, 0.2) is 53.4 Å². The van der Waals surface area contributed by atoms with Crippen LogP contribution in [0.5, 0.6) is 5.75 Å². The second kappa shape index (κ2) is 11.5. The van der Waals surface area contributed by atoms with Gasteiger partial charge in [-0.15, -0.1) is 0 Å². The average Bonchev–Trinajstić information content (AvgIpc) is 2.73. The molecule has 0 spiro atoms. The van der Waals surface area contributed by atoms with Crippen molar-refractivity contribution in [2.45, 2.75) is 37.7 Å². The highest BCUT2D eigenvalue weighted by Gasteiger charge is 2.15. The Kier molecular flexibility index (Phi) is 9.07. The lowest BCUT2D eigenvalue weighted by Gasteiger charge is -2.19. The molecule has 0 radical (unpaired) electrons. The van der Waals surface area contributed by atoms with Gasteiger partial charge in [-0.1, -0.05) is 18.2 Å². The van der Waals surface area contributed by atoms with Crippen LogP contribution >= 0.6 is 0 Å². The highest BCUT2D eigenvalue weighted by atomic mass is 32.2. The van der Waals surface area contributed by atoms with E-state index in [9.17, 15) is 18.0 Å². The van der Waals surface area contributed by atoms with Crippen LogP contribution in [-0.2, 0) is 21.9 Å². The van der Waals surface area contributed by atoms with Gasteiger partial charge in [0.25, 0.3) is 5.91 Å². The molecule has 0 unspecified atom stereocenters. The molecule has 0 atom stereocenters. The van der Waals surface area contributed by atoms with Crippen molar-refractivity contribution in [3.63, 3.8) is 0 Å². The van der Waals surface area contributed by atoms with Crippen LogP contribution in [0.1, 0.15) is 36.7 Å². The lowest BCUT2D eigenvalue weighted by atomic mass is 10.1. The van der Waals surface area contributed by atoms with Gasteiger partial charge in [-0.2, -0.15) is 0 Å². The van der Waals surface area contributed by atoms with Crippen LogP contribution in [0.25, 0.3) is 0 Å². The quantitative estimate of drug-likeness (QED) is 0.556. The van der Waals surface area contributed by atoms with Gasteiger partial charge in [-0.25, -0.2) is 13.2 Å². The molecule has 8 nitrogen and oxygen atoms in total. The third-order valence-corrected chi connectivity index (χ3v) is 5.05. The first kappa shape index (κ1) is 25.2. The number of alkyl carbamates (subject to hydrolysis) is 1. The number of nitrogens with one attached hydrogen (secondary N) is 1. The van der Waals surface area contributed by atoms with Crippen molar-refractivity contribution in [1.82, 2.24) is 10.2 Å². The fourth-order valence-electron chi connectivity index (χ4n) is 2.75. The Hall–Kier alpha value is -3.07. The van der Waals surface area contributed by atoms with E-state index in [1.807, 2.05) is 45.0 Å². The normalized spacial score (nSPS) is 11.2. The number of carbonyl (C=O) groups excluding carboxylic acids is 2. The lowest BCUT2D eigenvalue weighted by Crippen LogP contribution is -2.33. The van der Waals surface area contributed by atoms with Gasteiger partial charge in [0.2, 0.25) is 0 Å². The largest absolute Gasteiger partial charge is 0.492 e. The lowest BCUT2D eigenvalue weighted by molar-refractivity contribution is 0.0528. The van der Waals surface area contributed by atoms with E-state index in [0.717, 1.165) is 5.56 Å². The van der Waals surface area contributed by atoms with Crippen molar-refractivity contribution in [3.05, 3.63) is 59.7 Å². The van der Waals surface area contributed by atoms with Crippen LogP contribution in [0.2, 0.25) is 0 Å². The Bertz CT molecular complexity index is 988. The van der Waals surface area contributed by atoms with E-state index in [0.29, 0.717) is 30.8 Å². The number of amides is 2. The molecule has 1 N–H and O–H groups in total. The minimum atomic E-state index is -2.74. The molecule has 9 heteroatoms. The maximum absolute atomic E-state index is 12.5. The number of rotatable bonds is 9. The van der Waals surface area contributed by atoms with E-state index in [2.05, 4.69) is 5.32 Å². The van der Waals surface area contributed by atoms with Gasteiger partial charge < -0.3 is 19.7 Å². The van der Waals surface area contributed by atoms with Crippen molar-refractivity contribution in [3.8, 4) is 5.75 Å². The molecule has 0 aliphatic carbocycles. The molecule has 2 aromatic carbocycles. The van der Waals surface area contributed by atoms with E-state index in [1.54, 1.807) is 19.2 Å². The number of nitrogens with zero attached hydrogens (tertiary/aromatic N) is 1. The third kappa shape index (κ3) is 8.58. The highest BCUT2D eigenvalue weighted by Crippen LogP contribution is 2.13. The number of ether oxygens (including phenoxy) is 2. The summed E-state index contributed by atoms with van der Waals surface area (Å²) in [5.41, 5.74) is 0.828. The summed E-state index contributed by atoms with van der Waals surface area (Å²) >= 11 is 0. The summed E-state index contributed by atoms with van der Waals surface area (Å²) in [4.78, 5) is 25.7. The molecule has 0 heterocycles. The first-order chi connectivity index (χ1) is 15.0. The van der Waals surface area contributed by atoms with Crippen LogP contribution < -0.4 is 10.1 Å². The second-order valence-corrected chi connectivity index (χ2v) is 9.24. The standard InChI is InChI=1S/C23H30N2O6S/c1-23(2,3)31-22(27)24-13-12-17-8-10-19(11-9-17)30-15-14-25(4)21(26)18-6-5-7-20(16-18)32(28)29/h5-11,16,32H,12-15H2,1-4H3,(H,24,27). The summed E-state index contributed by atoms with van der Waals surface area (Å²) in [6.45, 7) is 6.54. The third-order valence-electron chi connectivity index (χ3n) is 4.35. The van der Waals surface area contributed by atoms with Gasteiger partial charge in [-0.05, 0) is 63.1 Å². The Morgan fingerprint density at radius 1 is 1.06 bits per heavy atom. The molecule has 2 aromatic rings. The minimum Gasteiger partial charge on any atom is -0.492 e. The number of hydrogen-bond acceptors (Lipinski definition) is 6. The Labute approximate surface area is 190 Å². The predicted molar refractivity (Wildman–Crippen MR) is 122 cm³/mol. The van der Waals surface area contributed by atoms with Gasteiger partial charge in [0, 0.05) is 19.2 Å². The zero-order chi connectivity index (χ0) is 23.7. The minimum absolute atomic E-state index is 0.108. The molecular weight excluding hydrogens is 432 g/mol. The topological polar surface area (TPSA) is 102 Å². The summed E-state index contributed by atoms with van der Waals surface area (Å²) in [5.74, 6) is 0.389. The average molecular weight is 463 g/mol. The van der Waals surface area contributed by atoms with E-state index in [1.165, 1.54) is 17.0 Å². The number of hydrogen-bond donors (Lipinski definition) is 2. The molecule has 0 saturated heterocycles. The fraction of sp³-hybridized carbons (Fsp3) is 0.391. The van der Waals surface area contributed by atoms with Crippen LogP contribution in [0, 0.1) is 0 Å². The first-order valence-corrected chi connectivity index (χ1v) is 11.4. The number of likely N-dealkylation sites (N-methyl/N-ethyl adjacent to an activating group) is 1.